The molecule has 0 bridgehead atoms. The Morgan fingerprint density at radius 2 is 2.00 bits per heavy atom. The van der Waals surface area contributed by atoms with Gasteiger partial charge in [-0.15, -0.1) is 0 Å². The molecule has 6 nitrogen and oxygen atoms in total. The van der Waals surface area contributed by atoms with Crippen LogP contribution in [0.25, 0.3) is 0 Å². The van der Waals surface area contributed by atoms with Gasteiger partial charge in [0, 0.05) is 0 Å². The normalized spacial score (nSPS) is 26.1. The van der Waals surface area contributed by atoms with E-state index in [9.17, 15) is 14.7 Å². The Hall–Kier alpha value is -1.76. The molecule has 19 heavy (non-hydrogen) atoms. The highest BCUT2D eigenvalue weighted by atomic mass is 16.6. The second kappa shape index (κ2) is 5.92. The quantitative estimate of drug-likeness (QED) is 0.716. The summed E-state index contributed by atoms with van der Waals surface area (Å²) >= 11 is 0. The lowest BCUT2D eigenvalue weighted by atomic mass is 10.1. The fourth-order valence-electron chi connectivity index (χ4n) is 1.87. The molecule has 0 amide bonds. The molecule has 3 atom stereocenters. The number of esters is 1. The van der Waals surface area contributed by atoms with Gasteiger partial charge in [-0.25, -0.2) is 4.79 Å². The first-order valence-electron chi connectivity index (χ1n) is 5.82. The Bertz CT molecular complexity index is 457. The van der Waals surface area contributed by atoms with Crippen LogP contribution in [0.5, 0.6) is 0 Å². The lowest BCUT2D eigenvalue weighted by Crippen LogP contribution is -2.40. The van der Waals surface area contributed by atoms with E-state index in [1.807, 2.05) is 0 Å². The van der Waals surface area contributed by atoms with Crippen molar-refractivity contribution in [3.8, 4) is 0 Å². The van der Waals surface area contributed by atoms with Crippen LogP contribution < -0.4 is 0 Å². The molecule has 1 fully saturated rings. The molecule has 1 saturated heterocycles. The number of rotatable bonds is 4. The van der Waals surface area contributed by atoms with Gasteiger partial charge >= 0.3 is 5.97 Å². The molecule has 1 aromatic rings. The van der Waals surface area contributed by atoms with E-state index in [1.165, 1.54) is 0 Å². The number of ether oxygens (including phenoxy) is 2. The van der Waals surface area contributed by atoms with E-state index in [0.29, 0.717) is 5.56 Å². The predicted molar refractivity (Wildman–Crippen MR) is 63.5 cm³/mol. The Labute approximate surface area is 109 Å². The highest BCUT2D eigenvalue weighted by molar-refractivity contribution is 5.90. The summed E-state index contributed by atoms with van der Waals surface area (Å²) in [6.07, 6.45) is -3.28. The summed E-state index contributed by atoms with van der Waals surface area (Å²) in [6.45, 7) is -0.833. The van der Waals surface area contributed by atoms with Gasteiger partial charge in [0.2, 0.25) is 0 Å². The first kappa shape index (κ1) is 13.7. The van der Waals surface area contributed by atoms with Crippen molar-refractivity contribution in [2.75, 3.05) is 13.2 Å². The number of Topliss-reactive ketones (excluding diaryl/α,β-unsaturated/α-hetero) is 1. The summed E-state index contributed by atoms with van der Waals surface area (Å²) in [5.74, 6) is -1.27. The number of carbonyl (C=O) groups is 2. The maximum atomic E-state index is 11.8. The molecule has 1 aromatic carbocycles. The van der Waals surface area contributed by atoms with Gasteiger partial charge in [0.15, 0.2) is 18.0 Å². The van der Waals surface area contributed by atoms with E-state index in [0.717, 1.165) is 0 Å². The molecular weight excluding hydrogens is 252 g/mol. The minimum Gasteiger partial charge on any atom is -0.453 e. The summed E-state index contributed by atoms with van der Waals surface area (Å²) in [7, 11) is 0. The minimum absolute atomic E-state index is 0.108. The highest BCUT2D eigenvalue weighted by Gasteiger charge is 2.43. The Morgan fingerprint density at radius 3 is 2.63 bits per heavy atom. The van der Waals surface area contributed by atoms with E-state index in [2.05, 4.69) is 0 Å². The molecule has 1 aliphatic rings. The van der Waals surface area contributed by atoms with E-state index >= 15 is 0 Å². The average Bonchev–Trinajstić information content (AvgIpc) is 2.80. The lowest BCUT2D eigenvalue weighted by Gasteiger charge is -2.19. The Morgan fingerprint density at radius 1 is 1.32 bits per heavy atom. The molecule has 102 valence electrons. The monoisotopic (exact) mass is 266 g/mol. The largest absolute Gasteiger partial charge is 0.453 e. The molecular formula is C13H14O6. The molecule has 0 radical (unpaired) electrons. The number of benzene rings is 1. The van der Waals surface area contributed by atoms with Crippen LogP contribution in [0.2, 0.25) is 0 Å². The van der Waals surface area contributed by atoms with Crippen LogP contribution >= 0.6 is 0 Å². The van der Waals surface area contributed by atoms with Crippen molar-refractivity contribution in [2.24, 2.45) is 0 Å². The van der Waals surface area contributed by atoms with Crippen LogP contribution in [0.3, 0.4) is 0 Å². The van der Waals surface area contributed by atoms with Gasteiger partial charge in [-0.1, -0.05) is 18.2 Å². The topological polar surface area (TPSA) is 93.1 Å². The van der Waals surface area contributed by atoms with E-state index < -0.39 is 36.7 Å². The maximum absolute atomic E-state index is 11.8. The summed E-state index contributed by atoms with van der Waals surface area (Å²) in [6, 6.07) is 8.23. The molecule has 6 heteroatoms. The molecule has 0 aliphatic carbocycles. The molecule has 2 N–H and O–H groups in total. The predicted octanol–water partition coefficient (Wildman–Crippen LogP) is -0.467. The second-order valence-corrected chi connectivity index (χ2v) is 4.18. The van der Waals surface area contributed by atoms with Crippen molar-refractivity contribution < 1.29 is 29.3 Å². The summed E-state index contributed by atoms with van der Waals surface area (Å²) in [4.78, 5) is 23.3. The molecule has 0 aromatic heterocycles. The van der Waals surface area contributed by atoms with Crippen LogP contribution in [-0.2, 0) is 14.3 Å². The lowest BCUT2D eigenvalue weighted by molar-refractivity contribution is -0.134. The van der Waals surface area contributed by atoms with E-state index in [4.69, 9.17) is 14.6 Å². The third-order valence-corrected chi connectivity index (χ3v) is 2.85. The SMILES string of the molecule is O=C(O[C@H]1C(O)CO[C@H]1C(=O)CO)c1ccccc1. The van der Waals surface area contributed by atoms with Crippen molar-refractivity contribution in [1.82, 2.24) is 0 Å². The smallest absolute Gasteiger partial charge is 0.338 e. The number of carbonyl (C=O) groups excluding carboxylic acids is 2. The number of hydrogen-bond acceptors (Lipinski definition) is 6. The van der Waals surface area contributed by atoms with Crippen molar-refractivity contribution >= 4 is 11.8 Å². The molecule has 1 heterocycles. The highest BCUT2D eigenvalue weighted by Crippen LogP contribution is 2.20. The summed E-state index contributed by atoms with van der Waals surface area (Å²) < 4.78 is 10.1. The minimum atomic E-state index is -1.12. The molecule has 2 rings (SSSR count). The zero-order chi connectivity index (χ0) is 13.8. The molecule has 0 spiro atoms. The van der Waals surface area contributed by atoms with Gasteiger partial charge in [-0.2, -0.15) is 0 Å². The van der Waals surface area contributed by atoms with Crippen LogP contribution in [-0.4, -0.2) is 53.5 Å². The first-order chi connectivity index (χ1) is 9.13. The van der Waals surface area contributed by atoms with Crippen LogP contribution in [0, 0.1) is 0 Å². The summed E-state index contributed by atoms with van der Waals surface area (Å²) in [5, 5.41) is 18.5. The van der Waals surface area contributed by atoms with Gasteiger partial charge in [-0.3, -0.25) is 4.79 Å². The maximum Gasteiger partial charge on any atom is 0.338 e. The van der Waals surface area contributed by atoms with Crippen molar-refractivity contribution in [3.63, 3.8) is 0 Å². The number of aliphatic hydroxyl groups is 2. The zero-order valence-electron chi connectivity index (χ0n) is 10.1. The summed E-state index contributed by atoms with van der Waals surface area (Å²) in [5.41, 5.74) is 0.316. The fourth-order valence-corrected chi connectivity index (χ4v) is 1.87. The third-order valence-electron chi connectivity index (χ3n) is 2.85. The number of ketones is 1. The molecule has 0 saturated carbocycles. The number of aliphatic hydroxyl groups excluding tert-OH is 2. The first-order valence-corrected chi connectivity index (χ1v) is 5.82. The van der Waals surface area contributed by atoms with Crippen molar-refractivity contribution in [3.05, 3.63) is 35.9 Å². The third kappa shape index (κ3) is 2.98. The van der Waals surface area contributed by atoms with E-state index in [-0.39, 0.29) is 6.61 Å². The van der Waals surface area contributed by atoms with Gasteiger partial charge in [0.05, 0.1) is 12.2 Å². The van der Waals surface area contributed by atoms with Crippen molar-refractivity contribution in [2.45, 2.75) is 18.3 Å². The van der Waals surface area contributed by atoms with Crippen LogP contribution in [0.15, 0.2) is 30.3 Å². The van der Waals surface area contributed by atoms with Gasteiger partial charge in [0.1, 0.15) is 12.7 Å². The average molecular weight is 266 g/mol. The van der Waals surface area contributed by atoms with Crippen LogP contribution in [0.1, 0.15) is 10.4 Å². The van der Waals surface area contributed by atoms with Gasteiger partial charge in [-0.05, 0) is 12.1 Å². The van der Waals surface area contributed by atoms with Gasteiger partial charge < -0.3 is 19.7 Å². The van der Waals surface area contributed by atoms with Gasteiger partial charge in [0.25, 0.3) is 0 Å². The van der Waals surface area contributed by atoms with Crippen molar-refractivity contribution in [1.29, 1.82) is 0 Å². The standard InChI is InChI=1S/C13H14O6/c14-6-9(15)11-12(10(16)7-18-11)19-13(17)8-4-2-1-3-5-8/h1-5,10-12,14,16H,6-7H2/t10?,11-,12-/m0/s1. The Kier molecular flexibility index (Phi) is 4.26. The Balaban J connectivity index is 2.08. The second-order valence-electron chi connectivity index (χ2n) is 4.18. The zero-order valence-corrected chi connectivity index (χ0v) is 10.1. The molecule has 1 unspecified atom stereocenters. The molecule has 1 aliphatic heterocycles. The van der Waals surface area contributed by atoms with E-state index in [1.54, 1.807) is 30.3 Å². The van der Waals surface area contributed by atoms with Crippen LogP contribution in [0.4, 0.5) is 0 Å². The number of hydrogen-bond donors (Lipinski definition) is 2. The fraction of sp³-hybridized carbons (Fsp3) is 0.385.